The van der Waals surface area contributed by atoms with Gasteiger partial charge >= 0.3 is 6.03 Å². The first-order valence-electron chi connectivity index (χ1n) is 10.5. The minimum Gasteiger partial charge on any atom is -0.497 e. The lowest BCUT2D eigenvalue weighted by Gasteiger charge is -2.46. The second-order valence-electron chi connectivity index (χ2n) is 8.00. The Morgan fingerprint density at radius 3 is 2.55 bits per heavy atom. The molecule has 7 nitrogen and oxygen atoms in total. The van der Waals surface area contributed by atoms with Crippen molar-refractivity contribution in [3.05, 3.63) is 66.5 Å². The quantitative estimate of drug-likeness (QED) is 0.660. The molecule has 0 saturated carbocycles. The lowest BCUT2D eigenvalue weighted by molar-refractivity contribution is 0.174. The molecule has 2 aliphatic heterocycles. The number of nitrogens with one attached hydrogen (secondary N) is 2. The molecule has 1 aromatic heterocycles. The van der Waals surface area contributed by atoms with E-state index in [0.29, 0.717) is 13.1 Å². The van der Waals surface area contributed by atoms with E-state index in [1.54, 1.807) is 14.2 Å². The molecule has 1 saturated heterocycles. The van der Waals surface area contributed by atoms with E-state index in [4.69, 9.17) is 9.47 Å². The number of aromatic nitrogens is 1. The smallest absolute Gasteiger partial charge is 0.321 e. The molecule has 1 spiro atoms. The van der Waals surface area contributed by atoms with Crippen molar-refractivity contribution in [2.45, 2.75) is 18.4 Å². The fourth-order valence-corrected chi connectivity index (χ4v) is 4.63. The summed E-state index contributed by atoms with van der Waals surface area (Å²) in [5, 5.41) is 6.77. The van der Waals surface area contributed by atoms with Crippen LogP contribution in [0.25, 0.3) is 5.69 Å². The van der Waals surface area contributed by atoms with Crippen molar-refractivity contribution >= 4 is 17.4 Å². The number of piperidine rings is 1. The van der Waals surface area contributed by atoms with Crippen molar-refractivity contribution < 1.29 is 14.3 Å². The maximum absolute atomic E-state index is 12.8. The van der Waals surface area contributed by atoms with Gasteiger partial charge in [-0.15, -0.1) is 0 Å². The third-order valence-corrected chi connectivity index (χ3v) is 6.30. The largest absolute Gasteiger partial charge is 0.497 e. The highest BCUT2D eigenvalue weighted by Crippen LogP contribution is 2.44. The zero-order valence-corrected chi connectivity index (χ0v) is 17.7. The predicted molar refractivity (Wildman–Crippen MR) is 120 cm³/mol. The highest BCUT2D eigenvalue weighted by atomic mass is 16.5. The number of amides is 2. The van der Waals surface area contributed by atoms with Crippen LogP contribution in [0.15, 0.2) is 60.8 Å². The number of carbonyl (C=O) groups is 1. The highest BCUT2D eigenvalue weighted by Gasteiger charge is 2.42. The van der Waals surface area contributed by atoms with E-state index in [1.165, 1.54) is 5.69 Å². The number of hydrogen-bond donors (Lipinski definition) is 2. The molecule has 0 unspecified atom stereocenters. The van der Waals surface area contributed by atoms with Crippen LogP contribution < -0.4 is 20.1 Å². The number of rotatable bonds is 3. The molecule has 0 aliphatic carbocycles. The summed E-state index contributed by atoms with van der Waals surface area (Å²) in [6, 6.07) is 17.7. The van der Waals surface area contributed by atoms with Crippen LogP contribution in [0.3, 0.4) is 0 Å². The van der Waals surface area contributed by atoms with E-state index >= 15 is 0 Å². The zero-order chi connectivity index (χ0) is 21.4. The number of benzene rings is 2. The van der Waals surface area contributed by atoms with E-state index in [0.717, 1.165) is 41.4 Å². The molecule has 0 bridgehead atoms. The van der Waals surface area contributed by atoms with Crippen LogP contribution in [0.2, 0.25) is 0 Å². The Kier molecular flexibility index (Phi) is 4.73. The van der Waals surface area contributed by atoms with Crippen LogP contribution in [0.4, 0.5) is 16.2 Å². The average molecular weight is 418 g/mol. The van der Waals surface area contributed by atoms with E-state index in [9.17, 15) is 4.79 Å². The Bertz CT molecular complexity index is 1120. The summed E-state index contributed by atoms with van der Waals surface area (Å²) < 4.78 is 12.9. The molecule has 1 fully saturated rings. The molecule has 2 amide bonds. The Balaban J connectivity index is 1.34. The summed E-state index contributed by atoms with van der Waals surface area (Å²) >= 11 is 0. The van der Waals surface area contributed by atoms with E-state index in [-0.39, 0.29) is 11.6 Å². The normalized spacial score (nSPS) is 16.1. The van der Waals surface area contributed by atoms with Gasteiger partial charge in [0, 0.05) is 42.8 Å². The van der Waals surface area contributed by atoms with Gasteiger partial charge in [0.15, 0.2) is 0 Å². The van der Waals surface area contributed by atoms with Gasteiger partial charge in [-0.1, -0.05) is 6.07 Å². The second kappa shape index (κ2) is 7.58. The van der Waals surface area contributed by atoms with E-state index in [1.807, 2.05) is 41.3 Å². The molecule has 0 radical (unpaired) electrons. The lowest BCUT2D eigenvalue weighted by atomic mass is 9.82. The minimum absolute atomic E-state index is 0.0867. The SMILES string of the molecule is COc1cccc(NC(=O)N2CCC3(CC2)Nc2cc(OC)ccc2-n2cccc23)c1. The third kappa shape index (κ3) is 3.36. The highest BCUT2D eigenvalue weighted by molar-refractivity contribution is 5.89. The first-order valence-corrected chi connectivity index (χ1v) is 10.5. The first-order chi connectivity index (χ1) is 15.1. The lowest BCUT2D eigenvalue weighted by Crippen LogP contribution is -2.51. The summed E-state index contributed by atoms with van der Waals surface area (Å²) in [5.74, 6) is 1.55. The maximum atomic E-state index is 12.8. The molecule has 2 aliphatic rings. The molecular formula is C24H26N4O3. The van der Waals surface area contributed by atoms with Crippen molar-refractivity contribution in [2.75, 3.05) is 37.9 Å². The van der Waals surface area contributed by atoms with Gasteiger partial charge in [0.2, 0.25) is 0 Å². The molecule has 2 aromatic carbocycles. The van der Waals surface area contributed by atoms with Gasteiger partial charge in [-0.2, -0.15) is 0 Å². The number of hydrogen-bond acceptors (Lipinski definition) is 4. The van der Waals surface area contributed by atoms with Crippen LogP contribution in [-0.2, 0) is 5.54 Å². The van der Waals surface area contributed by atoms with E-state index < -0.39 is 0 Å². The number of carbonyl (C=O) groups excluding carboxylic acids is 1. The summed E-state index contributed by atoms with van der Waals surface area (Å²) in [6.07, 6.45) is 3.74. The van der Waals surface area contributed by atoms with Crippen LogP contribution in [-0.4, -0.2) is 42.8 Å². The van der Waals surface area contributed by atoms with Gasteiger partial charge in [0.05, 0.1) is 31.1 Å². The Labute approximate surface area is 181 Å². The summed E-state index contributed by atoms with van der Waals surface area (Å²) in [6.45, 7) is 1.32. The number of likely N-dealkylation sites (tertiary alicyclic amines) is 1. The summed E-state index contributed by atoms with van der Waals surface area (Å²) in [4.78, 5) is 14.7. The molecular weight excluding hydrogens is 392 g/mol. The number of urea groups is 1. The minimum atomic E-state index is -0.213. The molecule has 2 N–H and O–H groups in total. The molecule has 7 heteroatoms. The van der Waals surface area contributed by atoms with Gasteiger partial charge in [-0.3, -0.25) is 0 Å². The van der Waals surface area contributed by atoms with Gasteiger partial charge in [-0.05, 0) is 49.2 Å². The Morgan fingerprint density at radius 2 is 1.77 bits per heavy atom. The zero-order valence-electron chi connectivity index (χ0n) is 17.7. The molecule has 0 atom stereocenters. The van der Waals surface area contributed by atoms with Gasteiger partial charge < -0.3 is 29.6 Å². The van der Waals surface area contributed by atoms with Crippen LogP contribution in [0.1, 0.15) is 18.5 Å². The van der Waals surface area contributed by atoms with Crippen LogP contribution >= 0.6 is 0 Å². The average Bonchev–Trinajstić information content (AvgIpc) is 3.31. The van der Waals surface area contributed by atoms with Gasteiger partial charge in [-0.25, -0.2) is 4.79 Å². The van der Waals surface area contributed by atoms with Crippen LogP contribution in [0.5, 0.6) is 11.5 Å². The number of nitrogens with zero attached hydrogens (tertiary/aromatic N) is 2. The van der Waals surface area contributed by atoms with E-state index in [2.05, 4.69) is 39.6 Å². The van der Waals surface area contributed by atoms with Crippen LogP contribution in [0, 0.1) is 0 Å². The summed E-state index contributed by atoms with van der Waals surface area (Å²) in [7, 11) is 3.30. The van der Waals surface area contributed by atoms with Gasteiger partial charge in [0.25, 0.3) is 0 Å². The predicted octanol–water partition coefficient (Wildman–Crippen LogP) is 4.44. The van der Waals surface area contributed by atoms with Gasteiger partial charge in [0.1, 0.15) is 11.5 Å². The second-order valence-corrected chi connectivity index (χ2v) is 8.00. The monoisotopic (exact) mass is 418 g/mol. The fourth-order valence-electron chi connectivity index (χ4n) is 4.63. The maximum Gasteiger partial charge on any atom is 0.321 e. The first kappa shape index (κ1) is 19.4. The van der Waals surface area contributed by atoms with Crippen molar-refractivity contribution in [1.82, 2.24) is 9.47 Å². The van der Waals surface area contributed by atoms with Crippen molar-refractivity contribution in [2.24, 2.45) is 0 Å². The Hall–Kier alpha value is -3.61. The third-order valence-electron chi connectivity index (χ3n) is 6.30. The topological polar surface area (TPSA) is 67.8 Å². The fraction of sp³-hybridized carbons (Fsp3) is 0.292. The number of ether oxygens (including phenoxy) is 2. The molecule has 3 aromatic rings. The van der Waals surface area contributed by atoms with Crippen molar-refractivity contribution in [3.63, 3.8) is 0 Å². The number of anilines is 2. The Morgan fingerprint density at radius 1 is 1.00 bits per heavy atom. The molecule has 160 valence electrons. The number of fused-ring (bicyclic) bond motifs is 4. The van der Waals surface area contributed by atoms with Crippen molar-refractivity contribution in [3.8, 4) is 17.2 Å². The standard InChI is InChI=1S/C24H26N4O3/c1-30-18-6-3-5-17(15-18)25-23(29)27-13-10-24(11-14-27)22-7-4-12-28(22)21-9-8-19(31-2)16-20(21)26-24/h3-9,12,15-16,26H,10-11,13-14H2,1-2H3,(H,25,29). The number of methoxy groups -OCH3 is 2. The molecule has 31 heavy (non-hydrogen) atoms. The molecule has 3 heterocycles. The van der Waals surface area contributed by atoms with Crippen molar-refractivity contribution in [1.29, 1.82) is 0 Å². The molecule has 5 rings (SSSR count). The summed E-state index contributed by atoms with van der Waals surface area (Å²) in [5.41, 5.74) is 3.92.